The largest absolute Gasteiger partial charge is 0.378 e. The number of nitrogens with one attached hydrogen (secondary N) is 1. The number of ether oxygens (including phenoxy) is 1. The van der Waals surface area contributed by atoms with Crippen LogP contribution in [0.5, 0.6) is 0 Å². The second-order valence-corrected chi connectivity index (χ2v) is 5.71. The lowest BCUT2D eigenvalue weighted by molar-refractivity contribution is 0.0903. The summed E-state index contributed by atoms with van der Waals surface area (Å²) in [5, 5.41) is 10.3. The molecule has 0 bridgehead atoms. The molecule has 6 nitrogen and oxygen atoms in total. The van der Waals surface area contributed by atoms with E-state index in [9.17, 15) is 9.18 Å². The van der Waals surface area contributed by atoms with Gasteiger partial charge in [0.25, 0.3) is 5.91 Å². The Morgan fingerprint density at radius 2 is 2.39 bits per heavy atom. The zero-order valence-corrected chi connectivity index (χ0v) is 13.1. The van der Waals surface area contributed by atoms with Gasteiger partial charge < -0.3 is 10.1 Å². The molecule has 1 unspecified atom stereocenters. The Hall–Kier alpha value is -1.99. The highest BCUT2D eigenvalue weighted by Gasteiger charge is 2.17. The molecule has 0 aliphatic carbocycles. The van der Waals surface area contributed by atoms with Gasteiger partial charge in [-0.25, -0.2) is 9.07 Å². The molecule has 122 valence electrons. The van der Waals surface area contributed by atoms with E-state index in [4.69, 9.17) is 16.3 Å². The summed E-state index contributed by atoms with van der Waals surface area (Å²) in [7, 11) is 0. The molecule has 23 heavy (non-hydrogen) atoms. The Labute approximate surface area is 137 Å². The van der Waals surface area contributed by atoms with Crippen molar-refractivity contribution in [1.29, 1.82) is 0 Å². The van der Waals surface area contributed by atoms with Crippen molar-refractivity contribution in [3.63, 3.8) is 0 Å². The highest BCUT2D eigenvalue weighted by molar-refractivity contribution is 6.30. The van der Waals surface area contributed by atoms with Crippen LogP contribution in [-0.4, -0.2) is 40.2 Å². The molecule has 0 saturated carbocycles. The Bertz CT molecular complexity index is 701. The zero-order valence-electron chi connectivity index (χ0n) is 12.3. The average molecular weight is 339 g/mol. The molecule has 3 rings (SSSR count). The number of carbonyl (C=O) groups is 1. The lowest BCUT2D eigenvalue weighted by atomic mass is 10.2. The molecule has 0 spiro atoms. The van der Waals surface area contributed by atoms with Crippen LogP contribution in [0.4, 0.5) is 4.39 Å². The van der Waals surface area contributed by atoms with Crippen LogP contribution >= 0.6 is 11.6 Å². The van der Waals surface area contributed by atoms with Crippen LogP contribution in [0.1, 0.15) is 29.8 Å². The van der Waals surface area contributed by atoms with Crippen molar-refractivity contribution >= 4 is 17.5 Å². The molecule has 1 N–H and O–H groups in total. The van der Waals surface area contributed by atoms with Crippen LogP contribution in [0.15, 0.2) is 24.4 Å². The monoisotopic (exact) mass is 338 g/mol. The van der Waals surface area contributed by atoms with Crippen molar-refractivity contribution in [2.24, 2.45) is 0 Å². The SMILES string of the molecule is O=C(NCCC1CCCO1)c1cn(-c2cccc(Cl)c2F)nn1. The minimum Gasteiger partial charge on any atom is -0.378 e. The fourth-order valence-electron chi connectivity index (χ4n) is 2.46. The Morgan fingerprint density at radius 1 is 1.52 bits per heavy atom. The van der Waals surface area contributed by atoms with Gasteiger partial charge in [-0.3, -0.25) is 4.79 Å². The summed E-state index contributed by atoms with van der Waals surface area (Å²) in [4.78, 5) is 12.0. The van der Waals surface area contributed by atoms with E-state index in [2.05, 4.69) is 15.6 Å². The second-order valence-electron chi connectivity index (χ2n) is 5.30. The average Bonchev–Trinajstić information content (AvgIpc) is 3.21. The Morgan fingerprint density at radius 3 is 3.17 bits per heavy atom. The first kappa shape index (κ1) is 15.9. The number of aromatic nitrogens is 3. The van der Waals surface area contributed by atoms with Crippen molar-refractivity contribution in [3.05, 3.63) is 40.9 Å². The third-order valence-corrected chi connectivity index (χ3v) is 3.97. The molecular weight excluding hydrogens is 323 g/mol. The van der Waals surface area contributed by atoms with Crippen LogP contribution in [0.25, 0.3) is 5.69 Å². The highest BCUT2D eigenvalue weighted by atomic mass is 35.5. The van der Waals surface area contributed by atoms with Gasteiger partial charge in [0.1, 0.15) is 5.69 Å². The quantitative estimate of drug-likeness (QED) is 0.908. The summed E-state index contributed by atoms with van der Waals surface area (Å²) >= 11 is 5.74. The molecule has 1 amide bonds. The third kappa shape index (κ3) is 3.68. The summed E-state index contributed by atoms with van der Waals surface area (Å²) in [6.45, 7) is 1.29. The second kappa shape index (κ2) is 7.06. The topological polar surface area (TPSA) is 69.0 Å². The summed E-state index contributed by atoms with van der Waals surface area (Å²) in [6.07, 6.45) is 4.45. The fraction of sp³-hybridized carbons (Fsp3) is 0.400. The zero-order chi connectivity index (χ0) is 16.2. The maximum atomic E-state index is 13.9. The van der Waals surface area contributed by atoms with Gasteiger partial charge in [0.15, 0.2) is 11.5 Å². The number of nitrogens with zero attached hydrogens (tertiary/aromatic N) is 3. The molecule has 1 aliphatic heterocycles. The predicted octanol–water partition coefficient (Wildman–Crippen LogP) is 2.36. The number of halogens is 2. The van der Waals surface area contributed by atoms with Crippen LogP contribution < -0.4 is 5.32 Å². The van der Waals surface area contributed by atoms with Crippen molar-refractivity contribution in [2.75, 3.05) is 13.2 Å². The van der Waals surface area contributed by atoms with Crippen molar-refractivity contribution in [1.82, 2.24) is 20.3 Å². The smallest absolute Gasteiger partial charge is 0.273 e. The minimum atomic E-state index is -0.607. The first-order valence-corrected chi connectivity index (χ1v) is 7.79. The molecule has 2 aromatic rings. The maximum absolute atomic E-state index is 13.9. The molecule has 8 heteroatoms. The first-order chi connectivity index (χ1) is 11.1. The van der Waals surface area contributed by atoms with Gasteiger partial charge in [0.05, 0.1) is 17.3 Å². The third-order valence-electron chi connectivity index (χ3n) is 3.68. The molecule has 0 radical (unpaired) electrons. The lowest BCUT2D eigenvalue weighted by Crippen LogP contribution is -2.27. The van der Waals surface area contributed by atoms with Crippen LogP contribution in [0.3, 0.4) is 0 Å². The summed E-state index contributed by atoms with van der Waals surface area (Å²) < 4.78 is 20.6. The van der Waals surface area contributed by atoms with Gasteiger partial charge in [-0.05, 0) is 31.4 Å². The molecule has 1 aliphatic rings. The predicted molar refractivity (Wildman–Crippen MR) is 82.3 cm³/mol. The summed E-state index contributed by atoms with van der Waals surface area (Å²) in [5.74, 6) is -0.957. The van der Waals surface area contributed by atoms with E-state index in [1.54, 1.807) is 6.07 Å². The molecule has 1 aromatic carbocycles. The lowest BCUT2D eigenvalue weighted by Gasteiger charge is -2.08. The highest BCUT2D eigenvalue weighted by Crippen LogP contribution is 2.20. The van der Waals surface area contributed by atoms with Crippen LogP contribution in [0.2, 0.25) is 5.02 Å². The van der Waals surface area contributed by atoms with Crippen molar-refractivity contribution < 1.29 is 13.9 Å². The van der Waals surface area contributed by atoms with E-state index >= 15 is 0 Å². The Kier molecular flexibility index (Phi) is 4.88. The van der Waals surface area contributed by atoms with E-state index < -0.39 is 5.82 Å². The van der Waals surface area contributed by atoms with Gasteiger partial charge in [-0.1, -0.05) is 22.9 Å². The van der Waals surface area contributed by atoms with Gasteiger partial charge in [0, 0.05) is 13.2 Å². The maximum Gasteiger partial charge on any atom is 0.273 e. The molecule has 1 atom stereocenters. The number of amides is 1. The van der Waals surface area contributed by atoms with Crippen LogP contribution in [0, 0.1) is 5.82 Å². The number of hydrogen-bond donors (Lipinski definition) is 1. The van der Waals surface area contributed by atoms with Gasteiger partial charge in [0.2, 0.25) is 0 Å². The van der Waals surface area contributed by atoms with Crippen LogP contribution in [-0.2, 0) is 4.74 Å². The Balaban J connectivity index is 1.61. The molecular formula is C15H16ClFN4O2. The van der Waals surface area contributed by atoms with E-state index in [1.165, 1.54) is 23.0 Å². The number of hydrogen-bond acceptors (Lipinski definition) is 4. The molecule has 1 fully saturated rings. The molecule has 1 saturated heterocycles. The summed E-state index contributed by atoms with van der Waals surface area (Å²) in [5.41, 5.74) is 0.264. The number of carbonyl (C=O) groups excluding carboxylic acids is 1. The van der Waals surface area contributed by atoms with Gasteiger partial charge in [-0.15, -0.1) is 5.10 Å². The standard InChI is InChI=1S/C15H16ClFN4O2/c16-11-4-1-5-13(14(11)17)21-9-12(19-20-21)15(22)18-7-6-10-3-2-8-23-10/h1,4-5,9-10H,2-3,6-8H2,(H,18,22). The van der Waals surface area contributed by atoms with E-state index in [0.29, 0.717) is 6.54 Å². The van der Waals surface area contributed by atoms with E-state index in [-0.39, 0.29) is 28.4 Å². The number of rotatable bonds is 5. The van der Waals surface area contributed by atoms with E-state index in [0.717, 1.165) is 25.9 Å². The molecule has 1 aromatic heterocycles. The van der Waals surface area contributed by atoms with Crippen molar-refractivity contribution in [3.8, 4) is 5.69 Å². The molecule has 2 heterocycles. The first-order valence-electron chi connectivity index (χ1n) is 7.41. The van der Waals surface area contributed by atoms with Gasteiger partial charge in [-0.2, -0.15) is 0 Å². The number of benzene rings is 1. The van der Waals surface area contributed by atoms with Crippen molar-refractivity contribution in [2.45, 2.75) is 25.4 Å². The van der Waals surface area contributed by atoms with E-state index in [1.807, 2.05) is 0 Å². The minimum absolute atomic E-state index is 0.0134. The fourth-order valence-corrected chi connectivity index (χ4v) is 2.63. The normalized spacial score (nSPS) is 17.4. The van der Waals surface area contributed by atoms with Gasteiger partial charge >= 0.3 is 0 Å². The summed E-state index contributed by atoms with van der Waals surface area (Å²) in [6, 6.07) is 4.55.